The summed E-state index contributed by atoms with van der Waals surface area (Å²) in [7, 11) is 0. The van der Waals surface area contributed by atoms with Crippen LogP contribution in [-0.2, 0) is 9.47 Å². The Hall–Kier alpha value is -0.160. The molecule has 0 aromatic carbocycles. The molecule has 0 amide bonds. The SMILES string of the molecule is CCOCCN(CCCCCNC1CC1)CCOCC. The predicted molar refractivity (Wildman–Crippen MR) is 84.3 cm³/mol. The fourth-order valence-corrected chi connectivity index (χ4v) is 2.24. The molecule has 0 aromatic heterocycles. The molecule has 0 atom stereocenters. The number of rotatable bonds is 15. The third kappa shape index (κ3) is 10.6. The van der Waals surface area contributed by atoms with Crippen LogP contribution in [0.5, 0.6) is 0 Å². The van der Waals surface area contributed by atoms with Crippen molar-refractivity contribution < 1.29 is 9.47 Å². The lowest BCUT2D eigenvalue weighted by Crippen LogP contribution is -2.32. The fourth-order valence-electron chi connectivity index (χ4n) is 2.24. The molecule has 1 aliphatic carbocycles. The van der Waals surface area contributed by atoms with E-state index in [1.807, 2.05) is 0 Å². The summed E-state index contributed by atoms with van der Waals surface area (Å²) in [4.78, 5) is 2.47. The standard InChI is InChI=1S/C16H34N2O2/c1-3-19-14-12-18(13-15-20-4-2)11-7-5-6-10-17-16-8-9-16/h16-17H,3-15H2,1-2H3. The van der Waals surface area contributed by atoms with Crippen LogP contribution in [0.1, 0.15) is 46.0 Å². The molecule has 4 nitrogen and oxygen atoms in total. The zero-order valence-electron chi connectivity index (χ0n) is 13.5. The number of hydrogen-bond donors (Lipinski definition) is 1. The Morgan fingerprint density at radius 3 is 2.10 bits per heavy atom. The van der Waals surface area contributed by atoms with E-state index in [0.717, 1.165) is 45.6 Å². The minimum absolute atomic E-state index is 0.812. The largest absolute Gasteiger partial charge is 0.380 e. The van der Waals surface area contributed by atoms with Crippen LogP contribution in [0.2, 0.25) is 0 Å². The Morgan fingerprint density at radius 1 is 0.900 bits per heavy atom. The number of ether oxygens (including phenoxy) is 2. The van der Waals surface area contributed by atoms with E-state index >= 15 is 0 Å². The quantitative estimate of drug-likeness (QED) is 0.468. The second kappa shape index (κ2) is 12.6. The second-order valence-electron chi connectivity index (χ2n) is 5.52. The van der Waals surface area contributed by atoms with Crippen molar-refractivity contribution in [2.75, 3.05) is 52.6 Å². The Bertz CT molecular complexity index is 201. The zero-order chi connectivity index (χ0) is 14.5. The van der Waals surface area contributed by atoms with Crippen LogP contribution >= 0.6 is 0 Å². The highest BCUT2D eigenvalue weighted by Crippen LogP contribution is 2.18. The van der Waals surface area contributed by atoms with Crippen molar-refractivity contribution >= 4 is 0 Å². The number of nitrogens with zero attached hydrogens (tertiary/aromatic N) is 1. The molecule has 1 saturated carbocycles. The third-order valence-electron chi connectivity index (χ3n) is 3.67. The van der Waals surface area contributed by atoms with Crippen molar-refractivity contribution in [3.8, 4) is 0 Å². The Kier molecular flexibility index (Phi) is 11.2. The first-order valence-corrected chi connectivity index (χ1v) is 8.48. The predicted octanol–water partition coefficient (Wildman–Crippen LogP) is 2.28. The maximum atomic E-state index is 5.46. The Labute approximate surface area is 125 Å². The van der Waals surface area contributed by atoms with E-state index < -0.39 is 0 Å². The fraction of sp³-hybridized carbons (Fsp3) is 1.00. The summed E-state index contributed by atoms with van der Waals surface area (Å²) in [5.41, 5.74) is 0. The first kappa shape index (κ1) is 17.9. The highest BCUT2D eigenvalue weighted by atomic mass is 16.5. The van der Waals surface area contributed by atoms with Crippen LogP contribution in [0.3, 0.4) is 0 Å². The molecule has 0 unspecified atom stereocenters. The minimum Gasteiger partial charge on any atom is -0.380 e. The van der Waals surface area contributed by atoms with Gasteiger partial charge in [0.1, 0.15) is 0 Å². The van der Waals surface area contributed by atoms with Crippen LogP contribution in [0, 0.1) is 0 Å². The molecule has 0 radical (unpaired) electrons. The third-order valence-corrected chi connectivity index (χ3v) is 3.67. The van der Waals surface area contributed by atoms with Crippen LogP contribution in [0.25, 0.3) is 0 Å². The van der Waals surface area contributed by atoms with E-state index in [-0.39, 0.29) is 0 Å². The van der Waals surface area contributed by atoms with Gasteiger partial charge in [-0.1, -0.05) is 6.42 Å². The highest BCUT2D eigenvalue weighted by Gasteiger charge is 2.19. The van der Waals surface area contributed by atoms with Gasteiger partial charge in [-0.2, -0.15) is 0 Å². The number of nitrogens with one attached hydrogen (secondary N) is 1. The molecule has 4 heteroatoms. The molecular weight excluding hydrogens is 252 g/mol. The van der Waals surface area contributed by atoms with Crippen molar-refractivity contribution in [2.24, 2.45) is 0 Å². The maximum absolute atomic E-state index is 5.46. The van der Waals surface area contributed by atoms with Gasteiger partial charge in [-0.25, -0.2) is 0 Å². The highest BCUT2D eigenvalue weighted by molar-refractivity contribution is 4.80. The lowest BCUT2D eigenvalue weighted by molar-refractivity contribution is 0.0820. The molecule has 0 aliphatic heterocycles. The number of hydrogen-bond acceptors (Lipinski definition) is 4. The smallest absolute Gasteiger partial charge is 0.0593 e. The van der Waals surface area contributed by atoms with E-state index in [9.17, 15) is 0 Å². The lowest BCUT2D eigenvalue weighted by Gasteiger charge is -2.22. The first-order valence-electron chi connectivity index (χ1n) is 8.48. The average Bonchev–Trinajstić information content (AvgIpc) is 3.26. The Morgan fingerprint density at radius 2 is 1.55 bits per heavy atom. The molecule has 20 heavy (non-hydrogen) atoms. The normalized spacial score (nSPS) is 15.2. The van der Waals surface area contributed by atoms with Crippen molar-refractivity contribution in [3.63, 3.8) is 0 Å². The zero-order valence-corrected chi connectivity index (χ0v) is 13.5. The monoisotopic (exact) mass is 286 g/mol. The minimum atomic E-state index is 0.812. The van der Waals surface area contributed by atoms with E-state index in [1.54, 1.807) is 0 Å². The van der Waals surface area contributed by atoms with Crippen molar-refractivity contribution in [1.29, 1.82) is 0 Å². The first-order chi connectivity index (χ1) is 9.86. The van der Waals surface area contributed by atoms with Gasteiger partial charge in [0.25, 0.3) is 0 Å². The molecule has 0 heterocycles. The molecule has 0 saturated heterocycles. The van der Waals surface area contributed by atoms with E-state index in [1.165, 1.54) is 45.2 Å². The van der Waals surface area contributed by atoms with Crippen LogP contribution in [0.4, 0.5) is 0 Å². The molecule has 0 aromatic rings. The maximum Gasteiger partial charge on any atom is 0.0593 e. The Balaban J connectivity index is 1.97. The van der Waals surface area contributed by atoms with E-state index in [0.29, 0.717) is 0 Å². The lowest BCUT2D eigenvalue weighted by atomic mass is 10.2. The van der Waals surface area contributed by atoms with Gasteiger partial charge >= 0.3 is 0 Å². The average molecular weight is 286 g/mol. The summed E-state index contributed by atoms with van der Waals surface area (Å²) in [6.07, 6.45) is 6.69. The van der Waals surface area contributed by atoms with Gasteiger partial charge in [-0.15, -0.1) is 0 Å². The van der Waals surface area contributed by atoms with Crippen LogP contribution in [0.15, 0.2) is 0 Å². The van der Waals surface area contributed by atoms with Gasteiger partial charge in [-0.05, 0) is 52.6 Å². The van der Waals surface area contributed by atoms with E-state index in [4.69, 9.17) is 9.47 Å². The van der Waals surface area contributed by atoms with Crippen LogP contribution < -0.4 is 5.32 Å². The molecule has 1 aliphatic rings. The summed E-state index contributed by atoms with van der Waals surface area (Å²) in [6.45, 7) is 11.8. The van der Waals surface area contributed by atoms with Crippen molar-refractivity contribution in [2.45, 2.75) is 52.0 Å². The molecule has 1 N–H and O–H groups in total. The van der Waals surface area contributed by atoms with Crippen molar-refractivity contribution in [3.05, 3.63) is 0 Å². The van der Waals surface area contributed by atoms with Gasteiger partial charge in [0, 0.05) is 32.3 Å². The topological polar surface area (TPSA) is 33.7 Å². The van der Waals surface area contributed by atoms with Gasteiger partial charge in [0.05, 0.1) is 13.2 Å². The summed E-state index contributed by atoms with van der Waals surface area (Å²) in [5.74, 6) is 0. The van der Waals surface area contributed by atoms with Gasteiger partial charge in [-0.3, -0.25) is 4.90 Å². The number of unbranched alkanes of at least 4 members (excludes halogenated alkanes) is 2. The second-order valence-corrected chi connectivity index (χ2v) is 5.52. The molecule has 0 spiro atoms. The molecule has 0 bridgehead atoms. The molecule has 120 valence electrons. The summed E-state index contributed by atoms with van der Waals surface area (Å²) >= 11 is 0. The molecular formula is C16H34N2O2. The van der Waals surface area contributed by atoms with E-state index in [2.05, 4.69) is 24.1 Å². The summed E-state index contributed by atoms with van der Waals surface area (Å²) < 4.78 is 10.9. The summed E-state index contributed by atoms with van der Waals surface area (Å²) in [5, 5.41) is 3.57. The van der Waals surface area contributed by atoms with Gasteiger partial charge in [0.2, 0.25) is 0 Å². The molecule has 1 rings (SSSR count). The van der Waals surface area contributed by atoms with Gasteiger partial charge in [0.15, 0.2) is 0 Å². The summed E-state index contributed by atoms with van der Waals surface area (Å²) in [6, 6.07) is 0.851. The van der Waals surface area contributed by atoms with Gasteiger partial charge < -0.3 is 14.8 Å². The van der Waals surface area contributed by atoms with Crippen LogP contribution in [-0.4, -0.2) is 63.5 Å². The van der Waals surface area contributed by atoms with Crippen molar-refractivity contribution in [1.82, 2.24) is 10.2 Å². The molecule has 1 fully saturated rings.